The first-order chi connectivity index (χ1) is 24.8. The summed E-state index contributed by atoms with van der Waals surface area (Å²) < 4.78 is 4.68. The molecule has 11 aromatic rings. The van der Waals surface area contributed by atoms with Gasteiger partial charge in [-0.3, -0.25) is 4.57 Å². The van der Waals surface area contributed by atoms with Gasteiger partial charge in [0, 0.05) is 31.8 Å². The minimum Gasteiger partial charge on any atom is -0.292 e. The van der Waals surface area contributed by atoms with Crippen LogP contribution in [-0.4, -0.2) is 14.5 Å². The van der Waals surface area contributed by atoms with Gasteiger partial charge in [0.15, 0.2) is 11.6 Å². The van der Waals surface area contributed by atoms with E-state index in [1.807, 2.05) is 0 Å². The smallest absolute Gasteiger partial charge is 0.162 e. The van der Waals surface area contributed by atoms with Crippen LogP contribution in [0.4, 0.5) is 0 Å². The Labute approximate surface area is 291 Å². The standard InChI is InChI=1S/C46H27N3S/c1-2-13-28(14-3-1)29-15-12-16-30(27-29)45-47-43-37-22-9-11-24-40(37)50-44(43)46(48-45)49-38-23-10-8-21-36(38)42-39(49)26-25-35-33-19-5-4-17-31(33)32-18-6-7-20-34(32)41(35)42/h1-27H. The van der Waals surface area contributed by atoms with Crippen molar-refractivity contribution in [1.29, 1.82) is 0 Å². The lowest BCUT2D eigenvalue weighted by Crippen LogP contribution is -2.01. The topological polar surface area (TPSA) is 30.7 Å². The van der Waals surface area contributed by atoms with Gasteiger partial charge in [-0.25, -0.2) is 9.97 Å². The number of benzene rings is 8. The van der Waals surface area contributed by atoms with Crippen molar-refractivity contribution in [2.75, 3.05) is 0 Å². The minimum atomic E-state index is 0.719. The van der Waals surface area contributed by atoms with Crippen molar-refractivity contribution in [3.63, 3.8) is 0 Å². The number of thiophene rings is 1. The predicted molar refractivity (Wildman–Crippen MR) is 213 cm³/mol. The molecule has 0 amide bonds. The molecule has 3 aromatic heterocycles. The Balaban J connectivity index is 1.29. The van der Waals surface area contributed by atoms with E-state index in [1.165, 1.54) is 53.4 Å². The normalized spacial score (nSPS) is 12.0. The van der Waals surface area contributed by atoms with Gasteiger partial charge in [0.25, 0.3) is 0 Å². The molecule has 0 atom stereocenters. The van der Waals surface area contributed by atoms with Gasteiger partial charge >= 0.3 is 0 Å². The molecule has 4 heteroatoms. The maximum Gasteiger partial charge on any atom is 0.162 e. The SMILES string of the molecule is c1ccc(-c2cccc(-c3nc(-n4c5ccccc5c5c6c7ccccc7c7ccccc7c6ccc54)c4sc5ccccc5c4n3)c2)cc1. The van der Waals surface area contributed by atoms with E-state index in [0.717, 1.165) is 49.4 Å². The summed E-state index contributed by atoms with van der Waals surface area (Å²) >= 11 is 1.77. The molecule has 0 saturated carbocycles. The predicted octanol–water partition coefficient (Wildman–Crippen LogP) is 12.7. The largest absolute Gasteiger partial charge is 0.292 e. The van der Waals surface area contributed by atoms with E-state index < -0.39 is 0 Å². The van der Waals surface area contributed by atoms with Gasteiger partial charge in [0.2, 0.25) is 0 Å². The van der Waals surface area contributed by atoms with Gasteiger partial charge in [-0.15, -0.1) is 11.3 Å². The molecule has 8 aromatic carbocycles. The fourth-order valence-electron chi connectivity index (χ4n) is 8.01. The van der Waals surface area contributed by atoms with Crippen LogP contribution in [-0.2, 0) is 0 Å². The molecule has 0 bridgehead atoms. The Morgan fingerprint density at radius 3 is 1.80 bits per heavy atom. The van der Waals surface area contributed by atoms with Gasteiger partial charge < -0.3 is 0 Å². The molecule has 0 fully saturated rings. The van der Waals surface area contributed by atoms with Gasteiger partial charge in [0.1, 0.15) is 0 Å². The molecule has 0 aliphatic heterocycles. The molecule has 0 aliphatic carbocycles. The van der Waals surface area contributed by atoms with Crippen molar-refractivity contribution < 1.29 is 0 Å². The number of aromatic nitrogens is 3. The lowest BCUT2D eigenvalue weighted by molar-refractivity contribution is 1.08. The Morgan fingerprint density at radius 1 is 0.400 bits per heavy atom. The Kier molecular flexibility index (Phi) is 5.83. The molecule has 11 rings (SSSR count). The van der Waals surface area contributed by atoms with E-state index >= 15 is 0 Å². The van der Waals surface area contributed by atoms with Crippen molar-refractivity contribution in [1.82, 2.24) is 14.5 Å². The van der Waals surface area contributed by atoms with Crippen molar-refractivity contribution >= 4 is 85.8 Å². The number of rotatable bonds is 3. The molecule has 3 heterocycles. The van der Waals surface area contributed by atoms with Gasteiger partial charge in [-0.2, -0.15) is 0 Å². The highest BCUT2D eigenvalue weighted by atomic mass is 32.1. The molecule has 0 saturated heterocycles. The number of hydrogen-bond donors (Lipinski definition) is 0. The summed E-state index contributed by atoms with van der Waals surface area (Å²) in [4.78, 5) is 10.8. The lowest BCUT2D eigenvalue weighted by Gasteiger charge is -2.13. The number of para-hydroxylation sites is 1. The highest BCUT2D eigenvalue weighted by molar-refractivity contribution is 7.26. The Morgan fingerprint density at radius 2 is 1.00 bits per heavy atom. The van der Waals surface area contributed by atoms with Gasteiger partial charge in [0.05, 0.1) is 21.3 Å². The van der Waals surface area contributed by atoms with Crippen LogP contribution >= 0.6 is 11.3 Å². The number of nitrogens with zero attached hydrogens (tertiary/aromatic N) is 3. The molecule has 0 spiro atoms. The maximum atomic E-state index is 5.50. The summed E-state index contributed by atoms with van der Waals surface area (Å²) in [5, 5.41) is 11.3. The summed E-state index contributed by atoms with van der Waals surface area (Å²) in [7, 11) is 0. The van der Waals surface area contributed by atoms with Crippen LogP contribution in [0.5, 0.6) is 0 Å². The molecule has 0 unspecified atom stereocenters. The first kappa shape index (κ1) is 27.6. The zero-order chi connectivity index (χ0) is 32.8. The van der Waals surface area contributed by atoms with E-state index in [9.17, 15) is 0 Å². The summed E-state index contributed by atoms with van der Waals surface area (Å²) in [5.41, 5.74) is 6.57. The summed E-state index contributed by atoms with van der Waals surface area (Å²) in [6.45, 7) is 0. The fourth-order valence-corrected chi connectivity index (χ4v) is 9.13. The van der Waals surface area contributed by atoms with E-state index in [-0.39, 0.29) is 0 Å². The van der Waals surface area contributed by atoms with Crippen LogP contribution in [0.25, 0.3) is 103 Å². The van der Waals surface area contributed by atoms with Crippen molar-refractivity contribution in [2.24, 2.45) is 0 Å². The Bertz CT molecular complexity index is 3120. The lowest BCUT2D eigenvalue weighted by atomic mass is 9.92. The second kappa shape index (κ2) is 10.6. The second-order valence-electron chi connectivity index (χ2n) is 12.9. The monoisotopic (exact) mass is 653 g/mol. The first-order valence-corrected chi connectivity index (χ1v) is 17.7. The minimum absolute atomic E-state index is 0.719. The van der Waals surface area contributed by atoms with Crippen LogP contribution in [0.3, 0.4) is 0 Å². The third-order valence-corrected chi connectivity index (χ3v) is 11.3. The van der Waals surface area contributed by atoms with Gasteiger partial charge in [-0.1, -0.05) is 140 Å². The molecule has 0 aliphatic rings. The average molecular weight is 654 g/mol. The van der Waals surface area contributed by atoms with Crippen LogP contribution in [0.2, 0.25) is 0 Å². The Hall–Kier alpha value is -6.36. The average Bonchev–Trinajstić information content (AvgIpc) is 3.74. The van der Waals surface area contributed by atoms with Crippen LogP contribution in [0, 0.1) is 0 Å². The summed E-state index contributed by atoms with van der Waals surface area (Å²) in [6, 6.07) is 58.8. The molecule has 0 N–H and O–H groups in total. The zero-order valence-electron chi connectivity index (χ0n) is 26.8. The van der Waals surface area contributed by atoms with E-state index in [0.29, 0.717) is 0 Å². The van der Waals surface area contributed by atoms with E-state index in [2.05, 4.69) is 168 Å². The third kappa shape index (κ3) is 3.91. The molecular formula is C46H27N3S. The third-order valence-electron chi connectivity index (χ3n) is 10.2. The first-order valence-electron chi connectivity index (χ1n) is 16.9. The molecule has 50 heavy (non-hydrogen) atoms. The van der Waals surface area contributed by atoms with Gasteiger partial charge in [-0.05, 0) is 62.3 Å². The molecule has 0 radical (unpaired) electrons. The molecule has 3 nitrogen and oxygen atoms in total. The van der Waals surface area contributed by atoms with Crippen LogP contribution < -0.4 is 0 Å². The summed E-state index contributed by atoms with van der Waals surface area (Å²) in [6.07, 6.45) is 0. The summed E-state index contributed by atoms with van der Waals surface area (Å²) in [5.74, 6) is 1.63. The van der Waals surface area contributed by atoms with Crippen LogP contribution in [0.15, 0.2) is 164 Å². The zero-order valence-corrected chi connectivity index (χ0v) is 27.7. The molecule has 232 valence electrons. The van der Waals surface area contributed by atoms with Crippen molar-refractivity contribution in [2.45, 2.75) is 0 Å². The maximum absolute atomic E-state index is 5.50. The quantitative estimate of drug-likeness (QED) is 0.178. The van der Waals surface area contributed by atoms with Crippen molar-refractivity contribution in [3.05, 3.63) is 164 Å². The highest BCUT2D eigenvalue weighted by Gasteiger charge is 2.23. The van der Waals surface area contributed by atoms with E-state index in [4.69, 9.17) is 9.97 Å². The van der Waals surface area contributed by atoms with Crippen molar-refractivity contribution in [3.8, 4) is 28.3 Å². The fraction of sp³-hybridized carbons (Fsp3) is 0. The highest BCUT2D eigenvalue weighted by Crippen LogP contribution is 2.45. The van der Waals surface area contributed by atoms with E-state index in [1.54, 1.807) is 11.3 Å². The van der Waals surface area contributed by atoms with Crippen LogP contribution in [0.1, 0.15) is 0 Å². The number of fused-ring (bicyclic) bond motifs is 13. The second-order valence-corrected chi connectivity index (χ2v) is 14.0. The molecular weight excluding hydrogens is 627 g/mol. The number of hydrogen-bond acceptors (Lipinski definition) is 3.